The zero-order valence-corrected chi connectivity index (χ0v) is 4.96. The van der Waals surface area contributed by atoms with Crippen LogP contribution >= 0.6 is 0 Å². The lowest BCUT2D eigenvalue weighted by atomic mass is 10.3. The summed E-state index contributed by atoms with van der Waals surface area (Å²) in [5.41, 5.74) is 3.11. The van der Waals surface area contributed by atoms with Gasteiger partial charge in [-0.1, -0.05) is 6.08 Å². The summed E-state index contributed by atoms with van der Waals surface area (Å²) in [5, 5.41) is 1.91. The summed E-state index contributed by atoms with van der Waals surface area (Å²) in [6.45, 7) is 3.64. The highest BCUT2D eigenvalue weighted by Gasteiger charge is 2.05. The van der Waals surface area contributed by atoms with Gasteiger partial charge in [-0.25, -0.2) is 5.43 Å². The van der Waals surface area contributed by atoms with Gasteiger partial charge in [0.25, 0.3) is 0 Å². The molecule has 1 rings (SSSR count). The summed E-state index contributed by atoms with van der Waals surface area (Å²) in [6.07, 6.45) is 5.89. The average molecular weight is 110 g/mol. The van der Waals surface area contributed by atoms with Gasteiger partial charge in [-0.05, 0) is 6.08 Å². The van der Waals surface area contributed by atoms with Gasteiger partial charge in [-0.2, -0.15) is 0 Å². The van der Waals surface area contributed by atoms with Gasteiger partial charge in [0, 0.05) is 13.2 Å². The molecule has 0 radical (unpaired) electrons. The van der Waals surface area contributed by atoms with Crippen LogP contribution in [0.15, 0.2) is 24.9 Å². The third-order valence-corrected chi connectivity index (χ3v) is 1.12. The van der Waals surface area contributed by atoms with E-state index in [1.807, 2.05) is 30.4 Å². The molecule has 0 spiro atoms. The van der Waals surface area contributed by atoms with Gasteiger partial charge in [0.2, 0.25) is 0 Å². The highest BCUT2D eigenvalue weighted by molar-refractivity contribution is 5.06. The predicted octanol–water partition coefficient (Wildman–Crippen LogP) is 0.505. The second-order valence-corrected chi connectivity index (χ2v) is 1.84. The minimum absolute atomic E-state index is 0.333. The van der Waals surface area contributed by atoms with Crippen molar-refractivity contribution >= 4 is 0 Å². The first-order chi connectivity index (χ1) is 3.83. The van der Waals surface area contributed by atoms with E-state index < -0.39 is 0 Å². The van der Waals surface area contributed by atoms with Gasteiger partial charge < -0.3 is 5.01 Å². The molecular formula is C6H10N2. The Balaban J connectivity index is 2.45. The molecule has 1 aliphatic heterocycles. The topological polar surface area (TPSA) is 15.3 Å². The molecule has 8 heavy (non-hydrogen) atoms. The Labute approximate surface area is 49.5 Å². The first-order valence-electron chi connectivity index (χ1n) is 2.63. The highest BCUT2D eigenvalue weighted by Crippen LogP contribution is 1.97. The molecule has 0 saturated heterocycles. The minimum Gasteiger partial charge on any atom is -0.318 e. The van der Waals surface area contributed by atoms with E-state index in [1.165, 1.54) is 0 Å². The van der Waals surface area contributed by atoms with Crippen molar-refractivity contribution in [1.29, 1.82) is 0 Å². The number of rotatable bonds is 1. The fourth-order valence-corrected chi connectivity index (χ4v) is 0.674. The Morgan fingerprint density at radius 2 is 2.62 bits per heavy atom. The molecule has 1 aliphatic rings. The number of hydrogen-bond donors (Lipinski definition) is 1. The van der Waals surface area contributed by atoms with Crippen LogP contribution in [0.2, 0.25) is 0 Å². The third-order valence-electron chi connectivity index (χ3n) is 1.12. The van der Waals surface area contributed by atoms with Crippen molar-refractivity contribution in [3.63, 3.8) is 0 Å². The Morgan fingerprint density at radius 1 is 1.88 bits per heavy atom. The largest absolute Gasteiger partial charge is 0.318 e. The van der Waals surface area contributed by atoms with Crippen LogP contribution in [-0.2, 0) is 0 Å². The second-order valence-electron chi connectivity index (χ2n) is 1.84. The summed E-state index contributed by atoms with van der Waals surface area (Å²) in [4.78, 5) is 0. The first kappa shape index (κ1) is 5.38. The molecule has 0 aromatic carbocycles. The smallest absolute Gasteiger partial charge is 0.0638 e. The van der Waals surface area contributed by atoms with Gasteiger partial charge >= 0.3 is 0 Å². The van der Waals surface area contributed by atoms with Crippen LogP contribution in [0.5, 0.6) is 0 Å². The zero-order chi connectivity index (χ0) is 5.98. The van der Waals surface area contributed by atoms with Crippen molar-refractivity contribution in [3.05, 3.63) is 24.9 Å². The van der Waals surface area contributed by atoms with Crippen LogP contribution in [0.1, 0.15) is 0 Å². The van der Waals surface area contributed by atoms with Crippen LogP contribution in [0, 0.1) is 0 Å². The van der Waals surface area contributed by atoms with Crippen molar-refractivity contribution in [3.8, 4) is 0 Å². The van der Waals surface area contributed by atoms with E-state index in [-0.39, 0.29) is 0 Å². The lowest BCUT2D eigenvalue weighted by Crippen LogP contribution is -2.30. The number of nitrogens with one attached hydrogen (secondary N) is 1. The maximum Gasteiger partial charge on any atom is 0.0638 e. The molecule has 1 unspecified atom stereocenters. The van der Waals surface area contributed by atoms with Crippen LogP contribution in [0.4, 0.5) is 0 Å². The third kappa shape index (κ3) is 0.898. The maximum absolute atomic E-state index is 3.64. The molecule has 0 amide bonds. The molecule has 0 aliphatic carbocycles. The van der Waals surface area contributed by atoms with Crippen molar-refractivity contribution in [2.45, 2.75) is 6.04 Å². The van der Waals surface area contributed by atoms with E-state index in [9.17, 15) is 0 Å². The first-order valence-corrected chi connectivity index (χ1v) is 2.63. The summed E-state index contributed by atoms with van der Waals surface area (Å²) in [6, 6.07) is 0.333. The van der Waals surface area contributed by atoms with Crippen molar-refractivity contribution < 1.29 is 0 Å². The normalized spacial score (nSPS) is 26.6. The second kappa shape index (κ2) is 2.01. The quantitative estimate of drug-likeness (QED) is 0.494. The molecule has 2 nitrogen and oxygen atoms in total. The van der Waals surface area contributed by atoms with Gasteiger partial charge in [-0.15, -0.1) is 6.58 Å². The van der Waals surface area contributed by atoms with E-state index in [0.29, 0.717) is 6.04 Å². The van der Waals surface area contributed by atoms with Crippen LogP contribution < -0.4 is 5.43 Å². The number of hydrogen-bond acceptors (Lipinski definition) is 2. The summed E-state index contributed by atoms with van der Waals surface area (Å²) in [5.74, 6) is 0. The fourth-order valence-electron chi connectivity index (χ4n) is 0.674. The van der Waals surface area contributed by atoms with Crippen LogP contribution in [0.25, 0.3) is 0 Å². The van der Waals surface area contributed by atoms with E-state index in [1.54, 1.807) is 0 Å². The molecule has 0 aromatic rings. The Morgan fingerprint density at radius 3 is 2.88 bits per heavy atom. The average Bonchev–Trinajstić information content (AvgIpc) is 2.14. The molecule has 0 bridgehead atoms. The van der Waals surface area contributed by atoms with Gasteiger partial charge in [0.15, 0.2) is 0 Å². The summed E-state index contributed by atoms with van der Waals surface area (Å²) in [7, 11) is 1.96. The fraction of sp³-hybridized carbons (Fsp3) is 0.333. The number of nitrogens with zero attached hydrogens (tertiary/aromatic N) is 1. The SMILES string of the molecule is C=CC1C=CN(C)N1. The van der Waals surface area contributed by atoms with E-state index in [2.05, 4.69) is 12.0 Å². The molecule has 1 heterocycles. The summed E-state index contributed by atoms with van der Waals surface area (Å²) >= 11 is 0. The van der Waals surface area contributed by atoms with E-state index >= 15 is 0 Å². The van der Waals surface area contributed by atoms with Crippen molar-refractivity contribution in [1.82, 2.24) is 10.4 Å². The minimum atomic E-state index is 0.333. The maximum atomic E-state index is 3.64. The lowest BCUT2D eigenvalue weighted by molar-refractivity contribution is 0.350. The van der Waals surface area contributed by atoms with Gasteiger partial charge in [0.1, 0.15) is 0 Å². The molecule has 0 aromatic heterocycles. The van der Waals surface area contributed by atoms with E-state index in [0.717, 1.165) is 0 Å². The van der Waals surface area contributed by atoms with Gasteiger partial charge in [-0.3, -0.25) is 0 Å². The van der Waals surface area contributed by atoms with Crippen molar-refractivity contribution in [2.75, 3.05) is 7.05 Å². The van der Waals surface area contributed by atoms with Gasteiger partial charge in [0.05, 0.1) is 6.04 Å². The molecular weight excluding hydrogens is 100 g/mol. The Kier molecular flexibility index (Phi) is 1.35. The summed E-state index contributed by atoms with van der Waals surface area (Å²) < 4.78 is 0. The monoisotopic (exact) mass is 110 g/mol. The van der Waals surface area contributed by atoms with E-state index in [4.69, 9.17) is 0 Å². The lowest BCUT2D eigenvalue weighted by Gasteiger charge is -2.10. The van der Waals surface area contributed by atoms with Crippen LogP contribution in [0.3, 0.4) is 0 Å². The van der Waals surface area contributed by atoms with Crippen LogP contribution in [-0.4, -0.2) is 18.1 Å². The molecule has 0 fully saturated rings. The Bertz CT molecular complexity index is 118. The van der Waals surface area contributed by atoms with Crippen molar-refractivity contribution in [2.24, 2.45) is 0 Å². The standard InChI is InChI=1S/C6H10N2/c1-3-6-4-5-8(2)7-6/h3-7H,1H2,2H3. The molecule has 0 saturated carbocycles. The molecule has 2 heteroatoms. The molecule has 1 N–H and O–H groups in total. The highest BCUT2D eigenvalue weighted by atomic mass is 15.5. The zero-order valence-electron chi connectivity index (χ0n) is 4.96. The predicted molar refractivity (Wildman–Crippen MR) is 34.0 cm³/mol. The molecule has 44 valence electrons. The Hall–Kier alpha value is -0.760. The number of hydrazine groups is 1. The molecule has 1 atom stereocenters.